The van der Waals surface area contributed by atoms with E-state index in [2.05, 4.69) is 18.8 Å². The Bertz CT molecular complexity index is 356. The van der Waals surface area contributed by atoms with Crippen LogP contribution in [0.1, 0.15) is 25.8 Å². The summed E-state index contributed by atoms with van der Waals surface area (Å²) in [7, 11) is 1.93. The average Bonchev–Trinajstić information content (AvgIpc) is 2.67. The van der Waals surface area contributed by atoms with Crippen molar-refractivity contribution in [3.63, 3.8) is 0 Å². The number of aliphatic hydroxyl groups is 1. The van der Waals surface area contributed by atoms with E-state index in [4.69, 9.17) is 0 Å². The number of aryl methyl sites for hydroxylation is 1. The van der Waals surface area contributed by atoms with Gasteiger partial charge in [-0.2, -0.15) is 23.5 Å². The Morgan fingerprint density at radius 3 is 2.81 bits per heavy atom. The van der Waals surface area contributed by atoms with Gasteiger partial charge >= 0.3 is 0 Å². The standard InChI is InChI=1S/C11H18N2OS2/c1-7-8(2)16-9(6-15-7)10(14)11-12-4-5-13(11)3/h4-5,7-10,14H,6H2,1-3H3. The van der Waals surface area contributed by atoms with Gasteiger partial charge in [-0.05, 0) is 0 Å². The van der Waals surface area contributed by atoms with Crippen LogP contribution < -0.4 is 0 Å². The summed E-state index contributed by atoms with van der Waals surface area (Å²) >= 11 is 3.83. The minimum atomic E-state index is -0.451. The molecule has 0 aromatic carbocycles. The van der Waals surface area contributed by atoms with Crippen molar-refractivity contribution in [2.45, 2.75) is 35.7 Å². The van der Waals surface area contributed by atoms with Gasteiger partial charge in [-0.25, -0.2) is 4.98 Å². The first-order chi connectivity index (χ1) is 7.59. The summed E-state index contributed by atoms with van der Waals surface area (Å²) in [5.74, 6) is 1.78. The Kier molecular flexibility index (Phi) is 3.87. The van der Waals surface area contributed by atoms with Crippen LogP contribution in [-0.4, -0.2) is 36.2 Å². The van der Waals surface area contributed by atoms with E-state index < -0.39 is 6.10 Å². The fraction of sp³-hybridized carbons (Fsp3) is 0.727. The van der Waals surface area contributed by atoms with Gasteiger partial charge in [-0.1, -0.05) is 13.8 Å². The number of imidazole rings is 1. The summed E-state index contributed by atoms with van der Waals surface area (Å²) in [4.78, 5) is 4.23. The van der Waals surface area contributed by atoms with Crippen LogP contribution in [0.15, 0.2) is 12.4 Å². The molecule has 2 rings (SSSR count). The molecule has 0 saturated carbocycles. The maximum Gasteiger partial charge on any atom is 0.138 e. The molecule has 90 valence electrons. The number of nitrogens with zero attached hydrogens (tertiary/aromatic N) is 2. The molecule has 0 spiro atoms. The topological polar surface area (TPSA) is 38.1 Å². The Balaban J connectivity index is 2.06. The van der Waals surface area contributed by atoms with Crippen LogP contribution in [0.25, 0.3) is 0 Å². The van der Waals surface area contributed by atoms with E-state index in [0.29, 0.717) is 10.5 Å². The van der Waals surface area contributed by atoms with Gasteiger partial charge in [-0.15, -0.1) is 0 Å². The highest BCUT2D eigenvalue weighted by Crippen LogP contribution is 2.40. The number of rotatable bonds is 2. The molecule has 1 saturated heterocycles. The molecule has 1 aromatic rings. The summed E-state index contributed by atoms with van der Waals surface area (Å²) in [5.41, 5.74) is 0. The molecule has 2 heterocycles. The van der Waals surface area contributed by atoms with Crippen LogP contribution in [0.4, 0.5) is 0 Å². The molecular weight excluding hydrogens is 240 g/mol. The van der Waals surface area contributed by atoms with E-state index in [0.717, 1.165) is 11.6 Å². The van der Waals surface area contributed by atoms with E-state index in [1.165, 1.54) is 0 Å². The SMILES string of the molecule is CC1SCC(C(O)c2nccn2C)SC1C. The maximum atomic E-state index is 10.3. The van der Waals surface area contributed by atoms with Gasteiger partial charge in [0.25, 0.3) is 0 Å². The van der Waals surface area contributed by atoms with Crippen LogP contribution in [-0.2, 0) is 7.05 Å². The zero-order valence-corrected chi connectivity index (χ0v) is 11.5. The number of hydrogen-bond donors (Lipinski definition) is 1. The van der Waals surface area contributed by atoms with Crippen LogP contribution in [0, 0.1) is 0 Å². The molecular formula is C11H18N2OS2. The number of thioether (sulfide) groups is 2. The molecule has 1 aromatic heterocycles. The molecule has 0 amide bonds. The number of aromatic nitrogens is 2. The summed E-state index contributed by atoms with van der Waals surface area (Å²) in [6.07, 6.45) is 3.17. The molecule has 16 heavy (non-hydrogen) atoms. The van der Waals surface area contributed by atoms with E-state index in [1.807, 2.05) is 41.3 Å². The normalized spacial score (nSPS) is 32.6. The van der Waals surface area contributed by atoms with Gasteiger partial charge in [0.2, 0.25) is 0 Å². The van der Waals surface area contributed by atoms with Gasteiger partial charge in [0.05, 0.1) is 0 Å². The minimum Gasteiger partial charge on any atom is -0.384 e. The minimum absolute atomic E-state index is 0.261. The van der Waals surface area contributed by atoms with Gasteiger partial charge in [-0.3, -0.25) is 0 Å². The second-order valence-electron chi connectivity index (χ2n) is 4.26. The zero-order valence-electron chi connectivity index (χ0n) is 9.83. The molecule has 1 fully saturated rings. The summed E-state index contributed by atoms with van der Waals surface area (Å²) in [6.45, 7) is 4.49. The molecule has 0 bridgehead atoms. The first-order valence-corrected chi connectivity index (χ1v) is 7.51. The van der Waals surface area contributed by atoms with E-state index in [9.17, 15) is 5.11 Å². The molecule has 1 N–H and O–H groups in total. The van der Waals surface area contributed by atoms with Crippen molar-refractivity contribution in [1.29, 1.82) is 0 Å². The molecule has 1 aliphatic heterocycles. The van der Waals surface area contributed by atoms with E-state index in [-0.39, 0.29) is 5.25 Å². The quantitative estimate of drug-likeness (QED) is 0.881. The Hall–Kier alpha value is -0.130. The smallest absolute Gasteiger partial charge is 0.138 e. The van der Waals surface area contributed by atoms with Gasteiger partial charge in [0.15, 0.2) is 0 Å². The highest BCUT2D eigenvalue weighted by atomic mass is 32.2. The third kappa shape index (κ3) is 2.41. The molecule has 5 heteroatoms. The molecule has 0 radical (unpaired) electrons. The van der Waals surface area contributed by atoms with Crippen LogP contribution in [0.5, 0.6) is 0 Å². The first kappa shape index (κ1) is 12.3. The predicted octanol–water partition coefficient (Wildman–Crippen LogP) is 2.08. The molecule has 1 aliphatic rings. The predicted molar refractivity (Wildman–Crippen MR) is 70.9 cm³/mol. The average molecular weight is 258 g/mol. The van der Waals surface area contributed by atoms with Crippen LogP contribution in [0.3, 0.4) is 0 Å². The lowest BCUT2D eigenvalue weighted by molar-refractivity contribution is 0.167. The lowest BCUT2D eigenvalue weighted by Gasteiger charge is -2.33. The monoisotopic (exact) mass is 258 g/mol. The Labute approximate surface area is 105 Å². The second kappa shape index (κ2) is 5.02. The van der Waals surface area contributed by atoms with Crippen molar-refractivity contribution in [2.75, 3.05) is 5.75 Å². The van der Waals surface area contributed by atoms with Crippen LogP contribution in [0.2, 0.25) is 0 Å². The highest BCUT2D eigenvalue weighted by Gasteiger charge is 2.32. The van der Waals surface area contributed by atoms with Crippen molar-refractivity contribution in [1.82, 2.24) is 9.55 Å². The first-order valence-electron chi connectivity index (χ1n) is 5.52. The van der Waals surface area contributed by atoms with Crippen molar-refractivity contribution in [2.24, 2.45) is 7.05 Å². The molecule has 0 aliphatic carbocycles. The van der Waals surface area contributed by atoms with Gasteiger partial charge < -0.3 is 9.67 Å². The van der Waals surface area contributed by atoms with Gasteiger partial charge in [0.1, 0.15) is 11.9 Å². The van der Waals surface area contributed by atoms with Crippen LogP contribution >= 0.6 is 23.5 Å². The third-order valence-corrected chi connectivity index (χ3v) is 6.53. The van der Waals surface area contributed by atoms with Crippen molar-refractivity contribution in [3.05, 3.63) is 18.2 Å². The number of aliphatic hydroxyl groups excluding tert-OH is 1. The summed E-state index contributed by atoms with van der Waals surface area (Å²) < 4.78 is 1.90. The van der Waals surface area contributed by atoms with E-state index in [1.54, 1.807) is 6.20 Å². The lowest BCUT2D eigenvalue weighted by Crippen LogP contribution is -2.31. The fourth-order valence-corrected chi connectivity index (χ4v) is 4.77. The summed E-state index contributed by atoms with van der Waals surface area (Å²) in [6, 6.07) is 0. The summed E-state index contributed by atoms with van der Waals surface area (Å²) in [5, 5.41) is 11.8. The number of hydrogen-bond acceptors (Lipinski definition) is 4. The van der Waals surface area contributed by atoms with Gasteiger partial charge in [0, 0.05) is 40.9 Å². The second-order valence-corrected chi connectivity index (χ2v) is 7.29. The molecule has 3 nitrogen and oxygen atoms in total. The Morgan fingerprint density at radius 2 is 2.25 bits per heavy atom. The largest absolute Gasteiger partial charge is 0.384 e. The molecule has 4 atom stereocenters. The third-order valence-electron chi connectivity index (χ3n) is 3.05. The van der Waals surface area contributed by atoms with Crippen molar-refractivity contribution in [3.8, 4) is 0 Å². The van der Waals surface area contributed by atoms with Crippen molar-refractivity contribution >= 4 is 23.5 Å². The Morgan fingerprint density at radius 1 is 1.50 bits per heavy atom. The lowest BCUT2D eigenvalue weighted by atomic mass is 10.2. The van der Waals surface area contributed by atoms with Crippen molar-refractivity contribution < 1.29 is 5.11 Å². The maximum absolute atomic E-state index is 10.3. The molecule has 4 unspecified atom stereocenters. The fourth-order valence-electron chi connectivity index (χ4n) is 1.80. The highest BCUT2D eigenvalue weighted by molar-refractivity contribution is 8.07. The van der Waals surface area contributed by atoms with E-state index >= 15 is 0 Å². The zero-order chi connectivity index (χ0) is 11.7.